The van der Waals surface area contributed by atoms with Crippen LogP contribution in [0.25, 0.3) is 0 Å². The van der Waals surface area contributed by atoms with E-state index >= 15 is 0 Å². The molecule has 0 saturated carbocycles. The Hall–Kier alpha value is -0.860. The average Bonchev–Trinajstić information content (AvgIpc) is 2.51. The Labute approximate surface area is 124 Å². The van der Waals surface area contributed by atoms with Gasteiger partial charge < -0.3 is 5.32 Å². The number of rotatable bonds is 6. The van der Waals surface area contributed by atoms with Gasteiger partial charge in [0.1, 0.15) is 0 Å². The standard InChI is InChI=1S/C18H30N2/c1-4-10-17-13-19-18(15-11-8-7-9-12-15)14-20(17)16(5-2)6-3/h7-9,11-12,16-19H,4-6,10,13-14H2,1-3H3. The van der Waals surface area contributed by atoms with Gasteiger partial charge in [0, 0.05) is 31.2 Å². The van der Waals surface area contributed by atoms with Crippen molar-refractivity contribution in [3.63, 3.8) is 0 Å². The number of piperazine rings is 1. The maximum atomic E-state index is 3.76. The summed E-state index contributed by atoms with van der Waals surface area (Å²) < 4.78 is 0. The number of nitrogens with one attached hydrogen (secondary N) is 1. The summed E-state index contributed by atoms with van der Waals surface area (Å²) in [5.41, 5.74) is 1.43. The maximum Gasteiger partial charge on any atom is 0.0450 e. The first kappa shape index (κ1) is 15.5. The van der Waals surface area contributed by atoms with E-state index in [4.69, 9.17) is 0 Å². The van der Waals surface area contributed by atoms with Crippen molar-refractivity contribution in [2.75, 3.05) is 13.1 Å². The normalized spacial score (nSPS) is 24.2. The third kappa shape index (κ3) is 3.62. The molecule has 112 valence electrons. The minimum absolute atomic E-state index is 0.491. The van der Waals surface area contributed by atoms with Gasteiger partial charge in [-0.2, -0.15) is 0 Å². The Bertz CT molecular complexity index is 372. The molecule has 0 spiro atoms. The summed E-state index contributed by atoms with van der Waals surface area (Å²) >= 11 is 0. The van der Waals surface area contributed by atoms with Crippen molar-refractivity contribution in [3.05, 3.63) is 35.9 Å². The summed E-state index contributed by atoms with van der Waals surface area (Å²) in [5.74, 6) is 0. The van der Waals surface area contributed by atoms with Gasteiger partial charge in [0.25, 0.3) is 0 Å². The van der Waals surface area contributed by atoms with E-state index in [0.717, 1.165) is 19.1 Å². The Morgan fingerprint density at radius 2 is 1.85 bits per heavy atom. The van der Waals surface area contributed by atoms with Gasteiger partial charge in [-0.05, 0) is 24.8 Å². The lowest BCUT2D eigenvalue weighted by Crippen LogP contribution is -2.56. The van der Waals surface area contributed by atoms with Gasteiger partial charge in [-0.25, -0.2) is 0 Å². The predicted octanol–water partition coefficient (Wildman–Crippen LogP) is 3.99. The summed E-state index contributed by atoms with van der Waals surface area (Å²) in [6.45, 7) is 9.24. The van der Waals surface area contributed by atoms with Crippen LogP contribution < -0.4 is 5.32 Å². The molecular formula is C18H30N2. The zero-order valence-electron chi connectivity index (χ0n) is 13.3. The lowest BCUT2D eigenvalue weighted by Gasteiger charge is -2.44. The fourth-order valence-corrected chi connectivity index (χ4v) is 3.53. The fourth-order valence-electron chi connectivity index (χ4n) is 3.53. The van der Waals surface area contributed by atoms with Crippen molar-refractivity contribution < 1.29 is 0 Å². The van der Waals surface area contributed by atoms with Gasteiger partial charge >= 0.3 is 0 Å². The van der Waals surface area contributed by atoms with Crippen molar-refractivity contribution in [1.82, 2.24) is 10.2 Å². The number of hydrogen-bond acceptors (Lipinski definition) is 2. The quantitative estimate of drug-likeness (QED) is 0.844. The highest BCUT2D eigenvalue weighted by Crippen LogP contribution is 2.25. The van der Waals surface area contributed by atoms with Gasteiger partial charge in [-0.1, -0.05) is 57.5 Å². The predicted molar refractivity (Wildman–Crippen MR) is 87.0 cm³/mol. The number of benzene rings is 1. The topological polar surface area (TPSA) is 15.3 Å². The van der Waals surface area contributed by atoms with E-state index in [0.29, 0.717) is 12.1 Å². The zero-order chi connectivity index (χ0) is 14.4. The highest BCUT2D eigenvalue weighted by molar-refractivity contribution is 5.20. The molecule has 1 heterocycles. The number of nitrogens with zero attached hydrogens (tertiary/aromatic N) is 1. The van der Waals surface area contributed by atoms with Crippen molar-refractivity contribution >= 4 is 0 Å². The SMILES string of the molecule is CCCC1CNC(c2ccccc2)CN1C(CC)CC. The van der Waals surface area contributed by atoms with E-state index in [9.17, 15) is 0 Å². The van der Waals surface area contributed by atoms with E-state index < -0.39 is 0 Å². The van der Waals surface area contributed by atoms with E-state index in [2.05, 4.69) is 61.3 Å². The third-order valence-electron chi connectivity index (χ3n) is 4.70. The van der Waals surface area contributed by atoms with Crippen LogP contribution in [0.3, 0.4) is 0 Å². The highest BCUT2D eigenvalue weighted by atomic mass is 15.3. The molecule has 1 aliphatic rings. The molecule has 0 aromatic heterocycles. The molecule has 1 aliphatic heterocycles. The van der Waals surface area contributed by atoms with Crippen LogP contribution in [0, 0.1) is 0 Å². The van der Waals surface area contributed by atoms with E-state index in [-0.39, 0.29) is 0 Å². The molecule has 1 aromatic carbocycles. The third-order valence-corrected chi connectivity index (χ3v) is 4.70. The second-order valence-electron chi connectivity index (χ2n) is 5.98. The molecule has 0 aliphatic carbocycles. The maximum absolute atomic E-state index is 3.76. The molecular weight excluding hydrogens is 244 g/mol. The van der Waals surface area contributed by atoms with Crippen LogP contribution >= 0.6 is 0 Å². The van der Waals surface area contributed by atoms with E-state index in [1.807, 2.05) is 0 Å². The first-order chi connectivity index (χ1) is 9.80. The van der Waals surface area contributed by atoms with Crippen LogP contribution in [0.1, 0.15) is 58.1 Å². The molecule has 1 aromatic rings. The first-order valence-corrected chi connectivity index (χ1v) is 8.34. The van der Waals surface area contributed by atoms with Gasteiger partial charge in [-0.3, -0.25) is 4.90 Å². The van der Waals surface area contributed by atoms with Crippen LogP contribution in [-0.2, 0) is 0 Å². The second kappa shape index (κ2) is 7.80. The molecule has 0 amide bonds. The smallest absolute Gasteiger partial charge is 0.0450 e. The Morgan fingerprint density at radius 3 is 2.45 bits per heavy atom. The molecule has 0 radical (unpaired) electrons. The van der Waals surface area contributed by atoms with Gasteiger partial charge in [-0.15, -0.1) is 0 Å². The molecule has 2 atom stereocenters. The molecule has 2 heteroatoms. The molecule has 1 saturated heterocycles. The van der Waals surface area contributed by atoms with Crippen LogP contribution in [0.4, 0.5) is 0 Å². The Kier molecular flexibility index (Phi) is 6.06. The minimum Gasteiger partial charge on any atom is -0.307 e. The minimum atomic E-state index is 0.491. The Balaban J connectivity index is 2.11. The molecule has 2 rings (SSSR count). The summed E-state index contributed by atoms with van der Waals surface area (Å²) in [7, 11) is 0. The largest absolute Gasteiger partial charge is 0.307 e. The van der Waals surface area contributed by atoms with E-state index in [1.54, 1.807) is 0 Å². The van der Waals surface area contributed by atoms with Crippen molar-refractivity contribution in [1.29, 1.82) is 0 Å². The summed E-state index contributed by atoms with van der Waals surface area (Å²) in [5, 5.41) is 3.76. The highest BCUT2D eigenvalue weighted by Gasteiger charge is 2.31. The van der Waals surface area contributed by atoms with E-state index in [1.165, 1.54) is 31.2 Å². The van der Waals surface area contributed by atoms with Gasteiger partial charge in [0.15, 0.2) is 0 Å². The number of hydrogen-bond donors (Lipinski definition) is 1. The lowest BCUT2D eigenvalue weighted by molar-refractivity contribution is 0.0709. The first-order valence-electron chi connectivity index (χ1n) is 8.34. The molecule has 2 nitrogen and oxygen atoms in total. The second-order valence-corrected chi connectivity index (χ2v) is 5.98. The molecule has 20 heavy (non-hydrogen) atoms. The van der Waals surface area contributed by atoms with Crippen LogP contribution in [0.2, 0.25) is 0 Å². The monoisotopic (exact) mass is 274 g/mol. The zero-order valence-corrected chi connectivity index (χ0v) is 13.3. The van der Waals surface area contributed by atoms with Crippen LogP contribution in [0.15, 0.2) is 30.3 Å². The van der Waals surface area contributed by atoms with Crippen molar-refractivity contribution in [2.24, 2.45) is 0 Å². The molecule has 1 N–H and O–H groups in total. The van der Waals surface area contributed by atoms with Gasteiger partial charge in [0.2, 0.25) is 0 Å². The van der Waals surface area contributed by atoms with Gasteiger partial charge in [0.05, 0.1) is 0 Å². The summed E-state index contributed by atoms with van der Waals surface area (Å²) in [4.78, 5) is 2.78. The Morgan fingerprint density at radius 1 is 1.15 bits per heavy atom. The van der Waals surface area contributed by atoms with Crippen LogP contribution in [0.5, 0.6) is 0 Å². The summed E-state index contributed by atoms with van der Waals surface area (Å²) in [6.07, 6.45) is 5.11. The van der Waals surface area contributed by atoms with Crippen LogP contribution in [-0.4, -0.2) is 30.1 Å². The summed E-state index contributed by atoms with van der Waals surface area (Å²) in [6, 6.07) is 12.8. The average molecular weight is 274 g/mol. The van der Waals surface area contributed by atoms with Crippen molar-refractivity contribution in [2.45, 2.75) is 64.6 Å². The lowest BCUT2D eigenvalue weighted by atomic mass is 9.96. The fraction of sp³-hybridized carbons (Fsp3) is 0.667. The van der Waals surface area contributed by atoms with Crippen molar-refractivity contribution in [3.8, 4) is 0 Å². The molecule has 2 unspecified atom stereocenters. The molecule has 1 fully saturated rings. The molecule has 0 bridgehead atoms.